The van der Waals surface area contributed by atoms with Crippen molar-refractivity contribution in [2.24, 2.45) is 5.73 Å². The van der Waals surface area contributed by atoms with E-state index in [1.54, 1.807) is 12.1 Å². The molecule has 4 heteroatoms. The molecule has 3 nitrogen and oxygen atoms in total. The highest BCUT2D eigenvalue weighted by atomic mass is 32.2. The second kappa shape index (κ2) is 4.72. The third-order valence-electron chi connectivity index (χ3n) is 3.90. The number of hydrogen-bond donors (Lipinski definition) is 1. The van der Waals surface area contributed by atoms with Crippen LogP contribution in [0.2, 0.25) is 0 Å². The molecule has 0 bridgehead atoms. The second-order valence-corrected chi connectivity index (χ2v) is 7.44. The van der Waals surface area contributed by atoms with E-state index < -0.39 is 15.1 Å². The molecule has 0 unspecified atom stereocenters. The highest BCUT2D eigenvalue weighted by molar-refractivity contribution is 7.92. The first-order valence-electron chi connectivity index (χ1n) is 6.63. The number of nitrogens with two attached hydrogens (primary N) is 1. The Morgan fingerprint density at radius 2 is 1.55 bits per heavy atom. The van der Waals surface area contributed by atoms with Crippen LogP contribution in [0.25, 0.3) is 0 Å². The lowest BCUT2D eigenvalue weighted by atomic mass is 10.1. The fourth-order valence-corrected chi connectivity index (χ4v) is 4.72. The maximum atomic E-state index is 12.6. The van der Waals surface area contributed by atoms with Gasteiger partial charge in [-0.15, -0.1) is 0 Å². The minimum atomic E-state index is -3.35. The molecular formula is C16H17NO2S. The SMILES string of the molecule is Cc1ccc(S(=O)(=O)[C@H]2[C@@H](N)[C@@H]2c2ccccc2)cc1. The van der Waals surface area contributed by atoms with Gasteiger partial charge in [0.2, 0.25) is 0 Å². The number of sulfone groups is 1. The molecule has 0 heterocycles. The van der Waals surface area contributed by atoms with Crippen LogP contribution >= 0.6 is 0 Å². The van der Waals surface area contributed by atoms with Gasteiger partial charge in [0, 0.05) is 12.0 Å². The molecule has 1 saturated carbocycles. The van der Waals surface area contributed by atoms with Crippen molar-refractivity contribution >= 4 is 9.84 Å². The van der Waals surface area contributed by atoms with E-state index in [0.29, 0.717) is 4.90 Å². The molecule has 0 saturated heterocycles. The average Bonchev–Trinajstić information content (AvgIpc) is 3.13. The second-order valence-electron chi connectivity index (χ2n) is 5.34. The molecule has 20 heavy (non-hydrogen) atoms. The van der Waals surface area contributed by atoms with E-state index in [0.717, 1.165) is 11.1 Å². The minimum absolute atomic E-state index is 0.0949. The molecule has 2 N–H and O–H groups in total. The van der Waals surface area contributed by atoms with Crippen molar-refractivity contribution in [1.29, 1.82) is 0 Å². The summed E-state index contributed by atoms with van der Waals surface area (Å²) < 4.78 is 25.2. The number of benzene rings is 2. The number of aryl methyl sites for hydroxylation is 1. The normalized spacial score (nSPS) is 25.4. The molecule has 0 aliphatic heterocycles. The van der Waals surface area contributed by atoms with Gasteiger partial charge in [-0.3, -0.25) is 0 Å². The predicted octanol–water partition coefficient (Wildman–Crippen LogP) is 2.26. The van der Waals surface area contributed by atoms with Crippen molar-refractivity contribution in [2.75, 3.05) is 0 Å². The molecule has 3 atom stereocenters. The molecule has 0 spiro atoms. The van der Waals surface area contributed by atoms with Crippen LogP contribution in [-0.4, -0.2) is 19.7 Å². The smallest absolute Gasteiger partial charge is 0.183 e. The van der Waals surface area contributed by atoms with Gasteiger partial charge < -0.3 is 5.73 Å². The molecule has 3 rings (SSSR count). The molecule has 0 aromatic heterocycles. The Bertz CT molecular complexity index is 708. The van der Waals surface area contributed by atoms with Crippen molar-refractivity contribution in [2.45, 2.75) is 29.0 Å². The first kappa shape index (κ1) is 13.3. The lowest BCUT2D eigenvalue weighted by Gasteiger charge is -2.04. The van der Waals surface area contributed by atoms with Crippen LogP contribution in [-0.2, 0) is 9.84 Å². The van der Waals surface area contributed by atoms with Crippen molar-refractivity contribution in [3.8, 4) is 0 Å². The third kappa shape index (κ3) is 2.15. The maximum absolute atomic E-state index is 12.6. The van der Waals surface area contributed by atoms with Crippen LogP contribution in [0.3, 0.4) is 0 Å². The maximum Gasteiger partial charge on any atom is 0.183 e. The third-order valence-corrected chi connectivity index (χ3v) is 6.15. The van der Waals surface area contributed by atoms with Crippen LogP contribution < -0.4 is 5.73 Å². The molecule has 0 amide bonds. The van der Waals surface area contributed by atoms with Crippen LogP contribution in [0, 0.1) is 6.92 Å². The molecule has 104 valence electrons. The molecule has 0 radical (unpaired) electrons. The Hall–Kier alpha value is -1.65. The van der Waals surface area contributed by atoms with E-state index in [4.69, 9.17) is 5.73 Å². The van der Waals surface area contributed by atoms with Crippen LogP contribution in [0.1, 0.15) is 17.0 Å². The van der Waals surface area contributed by atoms with Gasteiger partial charge in [0.25, 0.3) is 0 Å². The summed E-state index contributed by atoms with van der Waals surface area (Å²) in [6.45, 7) is 1.94. The number of rotatable bonds is 3. The van der Waals surface area contributed by atoms with E-state index in [2.05, 4.69) is 0 Å². The van der Waals surface area contributed by atoms with Crippen LogP contribution in [0.5, 0.6) is 0 Å². The molecule has 2 aromatic rings. The largest absolute Gasteiger partial charge is 0.326 e. The first-order valence-corrected chi connectivity index (χ1v) is 8.17. The Labute approximate surface area is 119 Å². The van der Waals surface area contributed by atoms with Crippen molar-refractivity contribution < 1.29 is 8.42 Å². The van der Waals surface area contributed by atoms with E-state index in [1.165, 1.54) is 0 Å². The highest BCUT2D eigenvalue weighted by Crippen LogP contribution is 2.46. The summed E-state index contributed by atoms with van der Waals surface area (Å²) in [5.41, 5.74) is 8.06. The molecule has 1 fully saturated rings. The zero-order valence-corrected chi connectivity index (χ0v) is 12.0. The van der Waals surface area contributed by atoms with E-state index in [9.17, 15) is 8.42 Å². The van der Waals surface area contributed by atoms with Gasteiger partial charge in [-0.25, -0.2) is 8.42 Å². The summed E-state index contributed by atoms with van der Waals surface area (Å²) >= 11 is 0. The lowest BCUT2D eigenvalue weighted by molar-refractivity contribution is 0.593. The lowest BCUT2D eigenvalue weighted by Crippen LogP contribution is -2.15. The summed E-state index contributed by atoms with van der Waals surface area (Å²) in [6.07, 6.45) is 0. The number of hydrogen-bond acceptors (Lipinski definition) is 3. The van der Waals surface area contributed by atoms with E-state index >= 15 is 0 Å². The Morgan fingerprint density at radius 1 is 0.950 bits per heavy atom. The van der Waals surface area contributed by atoms with Gasteiger partial charge >= 0.3 is 0 Å². The summed E-state index contributed by atoms with van der Waals surface area (Å²) in [5.74, 6) is -0.0949. The summed E-state index contributed by atoms with van der Waals surface area (Å²) in [6, 6.07) is 16.3. The highest BCUT2D eigenvalue weighted by Gasteiger charge is 2.56. The molecule has 1 aliphatic rings. The summed E-state index contributed by atoms with van der Waals surface area (Å²) in [5, 5.41) is -0.507. The van der Waals surface area contributed by atoms with Crippen molar-refractivity contribution in [3.05, 3.63) is 65.7 Å². The summed E-state index contributed by atoms with van der Waals surface area (Å²) in [4.78, 5) is 0.363. The molecule has 2 aromatic carbocycles. The zero-order valence-electron chi connectivity index (χ0n) is 11.2. The quantitative estimate of drug-likeness (QED) is 0.942. The molecular weight excluding hydrogens is 270 g/mol. The van der Waals surface area contributed by atoms with Gasteiger partial charge in [0.1, 0.15) is 0 Å². The van der Waals surface area contributed by atoms with E-state index in [1.807, 2.05) is 49.4 Å². The Morgan fingerprint density at radius 3 is 2.15 bits per heavy atom. The zero-order chi connectivity index (χ0) is 14.3. The Balaban J connectivity index is 1.92. The van der Waals surface area contributed by atoms with Gasteiger partial charge in [0.05, 0.1) is 10.1 Å². The van der Waals surface area contributed by atoms with Gasteiger partial charge in [-0.1, -0.05) is 48.0 Å². The minimum Gasteiger partial charge on any atom is -0.326 e. The van der Waals surface area contributed by atoms with Gasteiger partial charge in [0.15, 0.2) is 9.84 Å². The fourth-order valence-electron chi connectivity index (χ4n) is 2.68. The van der Waals surface area contributed by atoms with E-state index in [-0.39, 0.29) is 12.0 Å². The van der Waals surface area contributed by atoms with Crippen molar-refractivity contribution in [1.82, 2.24) is 0 Å². The van der Waals surface area contributed by atoms with Gasteiger partial charge in [-0.05, 0) is 24.6 Å². The fraction of sp³-hybridized carbons (Fsp3) is 0.250. The first-order chi connectivity index (χ1) is 9.51. The van der Waals surface area contributed by atoms with Crippen LogP contribution in [0.4, 0.5) is 0 Å². The van der Waals surface area contributed by atoms with Crippen molar-refractivity contribution in [3.63, 3.8) is 0 Å². The summed E-state index contributed by atoms with van der Waals surface area (Å²) in [7, 11) is -3.35. The Kier molecular flexibility index (Phi) is 3.15. The monoisotopic (exact) mass is 287 g/mol. The van der Waals surface area contributed by atoms with Crippen LogP contribution in [0.15, 0.2) is 59.5 Å². The molecule has 1 aliphatic carbocycles. The predicted molar refractivity (Wildman–Crippen MR) is 79.3 cm³/mol. The van der Waals surface area contributed by atoms with Gasteiger partial charge in [-0.2, -0.15) is 0 Å². The standard InChI is InChI=1S/C16H17NO2S/c1-11-7-9-13(10-8-11)20(18,19)16-14(15(16)17)12-5-3-2-4-6-12/h2-10,14-16H,17H2,1H3/t14-,15-,16+/m0/s1. The topological polar surface area (TPSA) is 60.2 Å². The average molecular weight is 287 g/mol.